The number of sulfone groups is 1. The molecule has 0 spiro atoms. The zero-order valence-corrected chi connectivity index (χ0v) is 18.9. The van der Waals surface area contributed by atoms with Crippen molar-refractivity contribution in [1.29, 1.82) is 0 Å². The highest BCUT2D eigenvalue weighted by Crippen LogP contribution is 2.42. The van der Waals surface area contributed by atoms with E-state index in [1.807, 2.05) is 13.0 Å². The SMILES string of the molecule is Cc1ccc(C)c(S(=O)(=O)C2(C(=O)Nc3cc(F)cc(N4CCCC4)c3)CCCC2)c1. The molecule has 2 fully saturated rings. The van der Waals surface area contributed by atoms with Crippen molar-refractivity contribution in [3.05, 3.63) is 53.3 Å². The molecule has 2 aromatic carbocycles. The van der Waals surface area contributed by atoms with Gasteiger partial charge in [-0.1, -0.05) is 25.0 Å². The van der Waals surface area contributed by atoms with Crippen LogP contribution in [0.5, 0.6) is 0 Å². The first-order valence-corrected chi connectivity index (χ1v) is 12.4. The maximum absolute atomic E-state index is 14.3. The van der Waals surface area contributed by atoms with Crippen LogP contribution in [0.1, 0.15) is 49.7 Å². The molecular weight excluding hydrogens is 415 g/mol. The first-order valence-electron chi connectivity index (χ1n) is 10.9. The molecule has 0 radical (unpaired) electrons. The Morgan fingerprint density at radius 2 is 1.68 bits per heavy atom. The van der Waals surface area contributed by atoms with Gasteiger partial charge >= 0.3 is 0 Å². The van der Waals surface area contributed by atoms with E-state index in [2.05, 4.69) is 10.2 Å². The lowest BCUT2D eigenvalue weighted by molar-refractivity contribution is -0.118. The average molecular weight is 445 g/mol. The van der Waals surface area contributed by atoms with Crippen molar-refractivity contribution in [1.82, 2.24) is 0 Å². The zero-order valence-electron chi connectivity index (χ0n) is 18.1. The molecule has 2 aliphatic rings. The molecule has 1 saturated heterocycles. The summed E-state index contributed by atoms with van der Waals surface area (Å²) in [5, 5.41) is 2.75. The van der Waals surface area contributed by atoms with E-state index in [4.69, 9.17) is 0 Å². The summed E-state index contributed by atoms with van der Waals surface area (Å²) in [6, 6.07) is 9.73. The first kappa shape index (κ1) is 21.8. The molecule has 1 heterocycles. The second-order valence-corrected chi connectivity index (χ2v) is 11.0. The summed E-state index contributed by atoms with van der Waals surface area (Å²) in [5.41, 5.74) is 2.48. The Labute approximate surface area is 183 Å². The van der Waals surface area contributed by atoms with Crippen molar-refractivity contribution in [3.63, 3.8) is 0 Å². The van der Waals surface area contributed by atoms with Crippen molar-refractivity contribution in [2.24, 2.45) is 0 Å². The largest absolute Gasteiger partial charge is 0.371 e. The molecule has 5 nitrogen and oxygen atoms in total. The van der Waals surface area contributed by atoms with Gasteiger partial charge in [0.05, 0.1) is 4.90 Å². The molecule has 2 aromatic rings. The lowest BCUT2D eigenvalue weighted by Crippen LogP contribution is -2.47. The standard InChI is InChI=1S/C24H29FN2O3S/c1-17-7-8-18(2)22(13-17)31(29,30)24(9-3-4-10-24)23(28)26-20-14-19(25)15-21(16-20)27-11-5-6-12-27/h7-8,13-16H,3-6,9-12H2,1-2H3,(H,26,28). The van der Waals surface area contributed by atoms with Crippen LogP contribution in [0.15, 0.2) is 41.3 Å². The molecule has 1 amide bonds. The Morgan fingerprint density at radius 3 is 2.35 bits per heavy atom. The topological polar surface area (TPSA) is 66.5 Å². The molecule has 7 heteroatoms. The molecule has 0 unspecified atom stereocenters. The summed E-state index contributed by atoms with van der Waals surface area (Å²) in [6.45, 7) is 5.29. The van der Waals surface area contributed by atoms with Crippen molar-refractivity contribution < 1.29 is 17.6 Å². The molecule has 166 valence electrons. The number of benzene rings is 2. The van der Waals surface area contributed by atoms with Gasteiger partial charge in [-0.05, 0) is 74.9 Å². The lowest BCUT2D eigenvalue weighted by atomic mass is 10.1. The summed E-state index contributed by atoms with van der Waals surface area (Å²) < 4.78 is 40.3. The molecule has 31 heavy (non-hydrogen) atoms. The molecule has 1 aliphatic carbocycles. The zero-order chi connectivity index (χ0) is 22.2. The van der Waals surface area contributed by atoms with Gasteiger partial charge in [-0.3, -0.25) is 4.79 Å². The maximum atomic E-state index is 14.3. The third kappa shape index (κ3) is 3.95. The summed E-state index contributed by atoms with van der Waals surface area (Å²) >= 11 is 0. The van der Waals surface area contributed by atoms with E-state index in [9.17, 15) is 17.6 Å². The minimum absolute atomic E-state index is 0.210. The van der Waals surface area contributed by atoms with Crippen LogP contribution < -0.4 is 10.2 Å². The molecule has 0 bridgehead atoms. The Balaban J connectivity index is 1.69. The summed E-state index contributed by atoms with van der Waals surface area (Å²) in [4.78, 5) is 15.8. The number of amides is 1. The van der Waals surface area contributed by atoms with E-state index in [1.165, 1.54) is 12.1 Å². The van der Waals surface area contributed by atoms with Gasteiger partial charge in [0.15, 0.2) is 14.6 Å². The number of hydrogen-bond acceptors (Lipinski definition) is 4. The third-order valence-electron chi connectivity index (χ3n) is 6.58. The fraction of sp³-hybridized carbons (Fsp3) is 0.458. The highest BCUT2D eigenvalue weighted by molar-refractivity contribution is 7.93. The van der Waals surface area contributed by atoms with E-state index < -0.39 is 26.3 Å². The summed E-state index contributed by atoms with van der Waals surface area (Å²) in [6.07, 6.45) is 3.97. The average Bonchev–Trinajstić information content (AvgIpc) is 3.42. The Bertz CT molecular complexity index is 1100. The van der Waals surface area contributed by atoms with Crippen LogP contribution in [0.3, 0.4) is 0 Å². The summed E-state index contributed by atoms with van der Waals surface area (Å²) in [7, 11) is -3.92. The van der Waals surface area contributed by atoms with E-state index in [0.29, 0.717) is 29.8 Å². The Kier molecular flexibility index (Phi) is 5.81. The Morgan fingerprint density at radius 1 is 1.00 bits per heavy atom. The van der Waals surface area contributed by atoms with Crippen molar-refractivity contribution in [2.45, 2.75) is 62.0 Å². The van der Waals surface area contributed by atoms with Crippen molar-refractivity contribution in [3.8, 4) is 0 Å². The van der Waals surface area contributed by atoms with Gasteiger partial charge in [0.25, 0.3) is 0 Å². The normalized spacial score (nSPS) is 18.4. The van der Waals surface area contributed by atoms with Crippen LogP contribution in [-0.2, 0) is 14.6 Å². The molecule has 0 aromatic heterocycles. The van der Waals surface area contributed by atoms with Gasteiger partial charge in [0, 0.05) is 24.5 Å². The number of anilines is 2. The van der Waals surface area contributed by atoms with E-state index >= 15 is 0 Å². The van der Waals surface area contributed by atoms with Crippen molar-refractivity contribution >= 4 is 27.1 Å². The second kappa shape index (κ2) is 8.26. The predicted molar refractivity (Wildman–Crippen MR) is 121 cm³/mol. The van der Waals surface area contributed by atoms with Crippen LogP contribution in [0.4, 0.5) is 15.8 Å². The van der Waals surface area contributed by atoms with Gasteiger partial charge in [-0.15, -0.1) is 0 Å². The molecule has 0 atom stereocenters. The number of carbonyl (C=O) groups excluding carboxylic acids is 1. The minimum atomic E-state index is -3.92. The molecule has 1 N–H and O–H groups in total. The van der Waals surface area contributed by atoms with Crippen LogP contribution >= 0.6 is 0 Å². The minimum Gasteiger partial charge on any atom is -0.371 e. The number of carbonyl (C=O) groups is 1. The monoisotopic (exact) mass is 444 g/mol. The second-order valence-electron chi connectivity index (χ2n) is 8.82. The molecule has 1 aliphatic heterocycles. The highest BCUT2D eigenvalue weighted by atomic mass is 32.2. The number of halogens is 1. The van der Waals surface area contributed by atoms with Crippen molar-refractivity contribution in [2.75, 3.05) is 23.3 Å². The quantitative estimate of drug-likeness (QED) is 0.722. The third-order valence-corrected chi connectivity index (χ3v) is 9.23. The van der Waals surface area contributed by atoms with Gasteiger partial charge < -0.3 is 10.2 Å². The van der Waals surface area contributed by atoms with Crippen LogP contribution in [0, 0.1) is 19.7 Å². The lowest BCUT2D eigenvalue weighted by Gasteiger charge is -2.29. The number of nitrogens with zero attached hydrogens (tertiary/aromatic N) is 1. The smallest absolute Gasteiger partial charge is 0.246 e. The number of rotatable bonds is 5. The van der Waals surface area contributed by atoms with Crippen LogP contribution in [0.25, 0.3) is 0 Å². The van der Waals surface area contributed by atoms with Crippen LogP contribution in [0.2, 0.25) is 0 Å². The predicted octanol–water partition coefficient (Wildman–Crippen LogP) is 4.77. The number of nitrogens with one attached hydrogen (secondary N) is 1. The van der Waals surface area contributed by atoms with E-state index in [0.717, 1.165) is 31.5 Å². The van der Waals surface area contributed by atoms with E-state index in [1.54, 1.807) is 25.1 Å². The highest BCUT2D eigenvalue weighted by Gasteiger charge is 2.53. The van der Waals surface area contributed by atoms with Gasteiger partial charge in [0.2, 0.25) is 5.91 Å². The van der Waals surface area contributed by atoms with Gasteiger partial charge in [0.1, 0.15) is 5.82 Å². The molecular formula is C24H29FN2O3S. The number of aryl methyl sites for hydroxylation is 2. The maximum Gasteiger partial charge on any atom is 0.246 e. The molecule has 1 saturated carbocycles. The van der Waals surface area contributed by atoms with Gasteiger partial charge in [-0.25, -0.2) is 12.8 Å². The fourth-order valence-electron chi connectivity index (χ4n) is 4.82. The molecule has 4 rings (SSSR count). The Hall–Kier alpha value is -2.41. The first-order chi connectivity index (χ1) is 14.7. The summed E-state index contributed by atoms with van der Waals surface area (Å²) in [5.74, 6) is -1.01. The van der Waals surface area contributed by atoms with Crippen LogP contribution in [-0.4, -0.2) is 32.2 Å². The van der Waals surface area contributed by atoms with E-state index in [-0.39, 0.29) is 17.7 Å². The van der Waals surface area contributed by atoms with Gasteiger partial charge in [-0.2, -0.15) is 0 Å². The fourth-order valence-corrected chi connectivity index (χ4v) is 7.20. The number of hydrogen-bond donors (Lipinski definition) is 1.